The highest BCUT2D eigenvalue weighted by atomic mass is 19.3. The number of nitrogens with one attached hydrogen (secondary N) is 1. The van der Waals surface area contributed by atoms with Crippen LogP contribution in [-0.2, 0) is 0 Å². The molecule has 1 saturated carbocycles. The molecule has 0 aliphatic heterocycles. The van der Waals surface area contributed by atoms with Gasteiger partial charge in [-0.15, -0.1) is 0 Å². The average Bonchev–Trinajstić information content (AvgIpc) is 2.26. The number of alkyl halides is 4. The summed E-state index contributed by atoms with van der Waals surface area (Å²) < 4.78 is 48.2. The monoisotopic (exact) mass is 185 g/mol. The molecule has 1 nitrogen and oxygen atoms in total. The van der Waals surface area contributed by atoms with E-state index in [1.54, 1.807) is 0 Å². The fourth-order valence-electron chi connectivity index (χ4n) is 1.38. The molecule has 0 radical (unpaired) electrons. The maximum atomic E-state index is 12.5. The third-order valence-electron chi connectivity index (χ3n) is 1.96. The van der Waals surface area contributed by atoms with E-state index in [9.17, 15) is 17.6 Å². The molecule has 0 aromatic carbocycles. The van der Waals surface area contributed by atoms with Gasteiger partial charge in [-0.2, -0.15) is 0 Å². The topological polar surface area (TPSA) is 12.0 Å². The molecule has 0 amide bonds. The highest BCUT2D eigenvalue weighted by molar-refractivity contribution is 4.85. The first-order valence-corrected chi connectivity index (χ1v) is 3.89. The van der Waals surface area contributed by atoms with E-state index in [0.717, 1.165) is 0 Å². The van der Waals surface area contributed by atoms with Gasteiger partial charge in [0.25, 0.3) is 6.43 Å². The zero-order chi connectivity index (χ0) is 9.19. The molecule has 0 aromatic heterocycles. The van der Waals surface area contributed by atoms with Crippen molar-refractivity contribution in [2.75, 3.05) is 6.54 Å². The molecular formula is C7H11F4N. The summed E-state index contributed by atoms with van der Waals surface area (Å²) in [6, 6.07) is -0.436. The van der Waals surface area contributed by atoms with E-state index in [0.29, 0.717) is 6.42 Å². The lowest BCUT2D eigenvalue weighted by molar-refractivity contribution is 0.00630. The van der Waals surface area contributed by atoms with Gasteiger partial charge in [-0.05, 0) is 6.42 Å². The van der Waals surface area contributed by atoms with Gasteiger partial charge in [0.05, 0.1) is 6.54 Å². The van der Waals surface area contributed by atoms with Crippen molar-refractivity contribution in [3.05, 3.63) is 0 Å². The quantitative estimate of drug-likeness (QED) is 0.663. The summed E-state index contributed by atoms with van der Waals surface area (Å²) in [7, 11) is 0. The minimum atomic E-state index is -2.65. The Morgan fingerprint density at radius 2 is 2.08 bits per heavy atom. The predicted octanol–water partition coefficient (Wildman–Crippen LogP) is 2.03. The summed E-state index contributed by atoms with van der Waals surface area (Å²) in [5, 5.41) is 2.41. The zero-order valence-electron chi connectivity index (χ0n) is 6.49. The lowest BCUT2D eigenvalue weighted by Gasteiger charge is -2.11. The fourth-order valence-corrected chi connectivity index (χ4v) is 1.38. The molecule has 1 aliphatic rings. The van der Waals surface area contributed by atoms with Gasteiger partial charge in [-0.25, -0.2) is 17.6 Å². The van der Waals surface area contributed by atoms with Crippen molar-refractivity contribution in [2.45, 2.75) is 37.7 Å². The molecule has 1 atom stereocenters. The van der Waals surface area contributed by atoms with E-state index >= 15 is 0 Å². The minimum absolute atomic E-state index is 0.187. The van der Waals surface area contributed by atoms with Gasteiger partial charge in [-0.1, -0.05) is 0 Å². The Kier molecular flexibility index (Phi) is 2.93. The summed E-state index contributed by atoms with van der Waals surface area (Å²) in [5.41, 5.74) is 0. The van der Waals surface area contributed by atoms with Crippen molar-refractivity contribution >= 4 is 0 Å². The molecule has 1 unspecified atom stereocenters. The molecule has 1 fully saturated rings. The molecule has 5 heteroatoms. The summed E-state index contributed by atoms with van der Waals surface area (Å²) in [4.78, 5) is 0. The average molecular weight is 185 g/mol. The predicted molar refractivity (Wildman–Crippen MR) is 36.6 cm³/mol. The first-order chi connectivity index (χ1) is 5.49. The molecular weight excluding hydrogens is 174 g/mol. The highest BCUT2D eigenvalue weighted by Gasteiger charge is 2.39. The van der Waals surface area contributed by atoms with E-state index in [2.05, 4.69) is 5.32 Å². The van der Waals surface area contributed by atoms with Crippen molar-refractivity contribution in [2.24, 2.45) is 0 Å². The van der Waals surface area contributed by atoms with E-state index in [-0.39, 0.29) is 12.8 Å². The highest BCUT2D eigenvalue weighted by Crippen LogP contribution is 2.34. The van der Waals surface area contributed by atoms with Gasteiger partial charge in [-0.3, -0.25) is 0 Å². The van der Waals surface area contributed by atoms with E-state index in [1.807, 2.05) is 0 Å². The molecule has 0 aromatic rings. The van der Waals surface area contributed by atoms with Crippen LogP contribution < -0.4 is 5.32 Å². The van der Waals surface area contributed by atoms with Gasteiger partial charge in [0.2, 0.25) is 5.92 Å². The van der Waals surface area contributed by atoms with Gasteiger partial charge in [0.1, 0.15) is 0 Å². The van der Waals surface area contributed by atoms with Crippen LogP contribution in [-0.4, -0.2) is 24.9 Å². The number of rotatable bonds is 3. The first kappa shape index (κ1) is 9.77. The summed E-state index contributed by atoms with van der Waals surface area (Å²) in [5.74, 6) is -2.65. The molecule has 0 spiro atoms. The van der Waals surface area contributed by atoms with Crippen LogP contribution in [0.3, 0.4) is 0 Å². The number of halogens is 4. The second-order valence-electron chi connectivity index (χ2n) is 3.10. The second-order valence-corrected chi connectivity index (χ2v) is 3.10. The Balaban J connectivity index is 2.20. The molecule has 12 heavy (non-hydrogen) atoms. The van der Waals surface area contributed by atoms with Crippen molar-refractivity contribution < 1.29 is 17.6 Å². The van der Waals surface area contributed by atoms with Gasteiger partial charge < -0.3 is 5.32 Å². The third kappa shape index (κ3) is 2.97. The van der Waals surface area contributed by atoms with E-state index < -0.39 is 24.9 Å². The van der Waals surface area contributed by atoms with Crippen LogP contribution in [0.1, 0.15) is 19.3 Å². The second kappa shape index (κ2) is 3.60. The summed E-state index contributed by atoms with van der Waals surface area (Å²) in [6.45, 7) is -0.485. The number of hydrogen-bond donors (Lipinski definition) is 1. The smallest absolute Gasteiger partial charge is 0.250 e. The van der Waals surface area contributed by atoms with Gasteiger partial charge in [0, 0.05) is 18.9 Å². The number of hydrogen-bond acceptors (Lipinski definition) is 1. The van der Waals surface area contributed by atoms with Crippen LogP contribution >= 0.6 is 0 Å². The van der Waals surface area contributed by atoms with Crippen LogP contribution in [0.2, 0.25) is 0 Å². The van der Waals surface area contributed by atoms with Crippen molar-refractivity contribution in [3.63, 3.8) is 0 Å². The van der Waals surface area contributed by atoms with Crippen LogP contribution in [0, 0.1) is 0 Å². The molecule has 0 heterocycles. The lowest BCUT2D eigenvalue weighted by atomic mass is 10.2. The van der Waals surface area contributed by atoms with Gasteiger partial charge >= 0.3 is 0 Å². The third-order valence-corrected chi connectivity index (χ3v) is 1.96. The zero-order valence-corrected chi connectivity index (χ0v) is 6.49. The Hall–Kier alpha value is -0.320. The Morgan fingerprint density at radius 3 is 2.50 bits per heavy atom. The van der Waals surface area contributed by atoms with Crippen molar-refractivity contribution in [1.82, 2.24) is 5.32 Å². The molecule has 72 valence electrons. The Bertz CT molecular complexity index is 148. The summed E-state index contributed by atoms with van der Waals surface area (Å²) in [6.07, 6.45) is -2.66. The Labute approximate surface area is 68.1 Å². The van der Waals surface area contributed by atoms with Crippen LogP contribution in [0.25, 0.3) is 0 Å². The maximum Gasteiger partial charge on any atom is 0.250 e. The van der Waals surface area contributed by atoms with Crippen LogP contribution in [0.5, 0.6) is 0 Å². The molecule has 0 saturated heterocycles. The fraction of sp³-hybridized carbons (Fsp3) is 1.00. The minimum Gasteiger partial charge on any atom is -0.308 e. The first-order valence-electron chi connectivity index (χ1n) is 3.89. The summed E-state index contributed by atoms with van der Waals surface area (Å²) >= 11 is 0. The van der Waals surface area contributed by atoms with Crippen LogP contribution in [0.15, 0.2) is 0 Å². The molecule has 0 bridgehead atoms. The van der Waals surface area contributed by atoms with Crippen molar-refractivity contribution in [3.8, 4) is 0 Å². The SMILES string of the molecule is FC(F)CNC1CCC(F)(F)C1. The molecule has 1 aliphatic carbocycles. The molecule has 1 rings (SSSR count). The lowest BCUT2D eigenvalue weighted by Crippen LogP contribution is -2.32. The standard InChI is InChI=1S/C7H11F4N/c8-6(9)4-12-5-1-2-7(10,11)3-5/h5-6,12H,1-4H2. The normalized spacial score (nSPS) is 28.2. The van der Waals surface area contributed by atoms with E-state index in [4.69, 9.17) is 0 Å². The maximum absolute atomic E-state index is 12.5. The van der Waals surface area contributed by atoms with Crippen LogP contribution in [0.4, 0.5) is 17.6 Å². The van der Waals surface area contributed by atoms with Gasteiger partial charge in [0.15, 0.2) is 0 Å². The van der Waals surface area contributed by atoms with Crippen molar-refractivity contribution in [1.29, 1.82) is 0 Å². The largest absolute Gasteiger partial charge is 0.308 e. The van der Waals surface area contributed by atoms with E-state index in [1.165, 1.54) is 0 Å². The molecule has 1 N–H and O–H groups in total. The Morgan fingerprint density at radius 1 is 1.42 bits per heavy atom.